The van der Waals surface area contributed by atoms with Crippen LogP contribution in [0.2, 0.25) is 0 Å². The maximum Gasteiger partial charge on any atom is 0.114 e. The molecule has 0 saturated heterocycles. The molecule has 4 nitrogen and oxygen atoms in total. The zero-order valence-electron chi connectivity index (χ0n) is 4.36. The Morgan fingerprint density at radius 2 is 2.38 bits per heavy atom. The van der Waals surface area contributed by atoms with Crippen molar-refractivity contribution in [3.63, 3.8) is 0 Å². The molecule has 8 heavy (non-hydrogen) atoms. The minimum atomic E-state index is -0.215. The van der Waals surface area contributed by atoms with Crippen LogP contribution in [0.1, 0.15) is 0 Å². The van der Waals surface area contributed by atoms with Gasteiger partial charge in [-0.25, -0.2) is 10.8 Å². The number of hydrazine groups is 1. The molecular weight excluding hydrogens is 104 g/mol. The van der Waals surface area contributed by atoms with E-state index in [4.69, 9.17) is 11.6 Å². The van der Waals surface area contributed by atoms with Crippen LogP contribution < -0.4 is 11.6 Å². The van der Waals surface area contributed by atoms with Crippen LogP contribution in [0.5, 0.6) is 0 Å². The first-order valence-electron chi connectivity index (χ1n) is 2.29. The topological polar surface area (TPSA) is 67.6 Å². The third-order valence-electron chi connectivity index (χ3n) is 0.914. The molecule has 0 amide bonds. The van der Waals surface area contributed by atoms with E-state index in [0.717, 1.165) is 0 Å². The summed E-state index contributed by atoms with van der Waals surface area (Å²) in [6.45, 7) is 0. The number of rotatable bonds is 0. The molecule has 1 unspecified atom stereocenters. The summed E-state index contributed by atoms with van der Waals surface area (Å²) < 4.78 is 0. The first-order chi connectivity index (χ1) is 3.80. The van der Waals surface area contributed by atoms with E-state index in [1.165, 1.54) is 11.3 Å². The van der Waals surface area contributed by atoms with Crippen molar-refractivity contribution in [3.8, 4) is 0 Å². The fourth-order valence-corrected chi connectivity index (χ4v) is 0.430. The first kappa shape index (κ1) is 5.27. The van der Waals surface area contributed by atoms with Crippen LogP contribution in [-0.4, -0.2) is 17.5 Å². The normalized spacial score (nSPS) is 26.8. The minimum Gasteiger partial charge on any atom is -0.307 e. The van der Waals surface area contributed by atoms with Gasteiger partial charge in [0.2, 0.25) is 0 Å². The van der Waals surface area contributed by atoms with Gasteiger partial charge in [0.25, 0.3) is 0 Å². The highest BCUT2D eigenvalue weighted by Gasteiger charge is 2.02. The Kier molecular flexibility index (Phi) is 1.27. The molecule has 1 atom stereocenters. The first-order valence-corrected chi connectivity index (χ1v) is 2.29. The summed E-state index contributed by atoms with van der Waals surface area (Å²) in [6, 6.07) is 0. The van der Waals surface area contributed by atoms with Crippen molar-refractivity contribution in [3.05, 3.63) is 12.3 Å². The van der Waals surface area contributed by atoms with Crippen molar-refractivity contribution in [2.24, 2.45) is 16.6 Å². The summed E-state index contributed by atoms with van der Waals surface area (Å²) in [4.78, 5) is 3.72. The van der Waals surface area contributed by atoms with Gasteiger partial charge in [-0.2, -0.15) is 0 Å². The Morgan fingerprint density at radius 1 is 1.62 bits per heavy atom. The molecule has 1 heterocycles. The van der Waals surface area contributed by atoms with Gasteiger partial charge >= 0.3 is 0 Å². The lowest BCUT2D eigenvalue weighted by Gasteiger charge is -2.19. The molecule has 0 fully saturated rings. The quantitative estimate of drug-likeness (QED) is 0.395. The van der Waals surface area contributed by atoms with E-state index < -0.39 is 0 Å². The summed E-state index contributed by atoms with van der Waals surface area (Å²) in [5.74, 6) is 5.29. The molecule has 1 rings (SSSR count). The lowest BCUT2D eigenvalue weighted by atomic mass is 10.4. The van der Waals surface area contributed by atoms with E-state index in [9.17, 15) is 0 Å². The number of nitrogens with two attached hydrogens (primary N) is 2. The molecule has 1 aliphatic rings. The zero-order chi connectivity index (χ0) is 5.98. The standard InChI is InChI=1S/C4H8N4/c5-4-1-2-7-3-8(4)6/h1-4H,5-6H2. The summed E-state index contributed by atoms with van der Waals surface area (Å²) in [5, 5.41) is 1.33. The van der Waals surface area contributed by atoms with Crippen molar-refractivity contribution >= 4 is 6.34 Å². The van der Waals surface area contributed by atoms with Gasteiger partial charge in [-0.3, -0.25) is 5.01 Å². The molecule has 0 spiro atoms. The van der Waals surface area contributed by atoms with Crippen LogP contribution in [0.4, 0.5) is 0 Å². The third kappa shape index (κ3) is 0.853. The molecule has 0 radical (unpaired) electrons. The number of hydrogen-bond acceptors (Lipinski definition) is 4. The maximum atomic E-state index is 5.40. The second-order valence-corrected chi connectivity index (χ2v) is 1.54. The second kappa shape index (κ2) is 1.94. The fourth-order valence-electron chi connectivity index (χ4n) is 0.430. The van der Waals surface area contributed by atoms with E-state index in [1.807, 2.05) is 0 Å². The highest BCUT2D eigenvalue weighted by atomic mass is 15.5. The molecule has 0 aromatic heterocycles. The Hall–Kier alpha value is -0.870. The molecule has 0 aliphatic carbocycles. The van der Waals surface area contributed by atoms with Crippen molar-refractivity contribution < 1.29 is 0 Å². The van der Waals surface area contributed by atoms with Gasteiger partial charge in [0.15, 0.2) is 0 Å². The third-order valence-corrected chi connectivity index (χ3v) is 0.914. The second-order valence-electron chi connectivity index (χ2n) is 1.54. The smallest absolute Gasteiger partial charge is 0.114 e. The van der Waals surface area contributed by atoms with E-state index in [-0.39, 0.29) is 6.17 Å². The van der Waals surface area contributed by atoms with Gasteiger partial charge in [0.1, 0.15) is 12.5 Å². The molecule has 1 aliphatic heterocycles. The predicted molar refractivity (Wildman–Crippen MR) is 31.6 cm³/mol. The van der Waals surface area contributed by atoms with Crippen LogP contribution in [0, 0.1) is 0 Å². The Labute approximate surface area is 47.4 Å². The van der Waals surface area contributed by atoms with Crippen molar-refractivity contribution in [2.75, 3.05) is 0 Å². The van der Waals surface area contributed by atoms with Gasteiger partial charge in [0, 0.05) is 6.20 Å². The van der Waals surface area contributed by atoms with Crippen molar-refractivity contribution in [2.45, 2.75) is 6.17 Å². The maximum absolute atomic E-state index is 5.40. The minimum absolute atomic E-state index is 0.215. The number of aliphatic imine (C=N–C) groups is 1. The van der Waals surface area contributed by atoms with Crippen LogP contribution in [-0.2, 0) is 0 Å². The Bertz CT molecular complexity index is 112. The average molecular weight is 112 g/mol. The molecule has 44 valence electrons. The van der Waals surface area contributed by atoms with Gasteiger partial charge in [-0.15, -0.1) is 0 Å². The molecule has 0 saturated carbocycles. The molecular formula is C4H8N4. The summed E-state index contributed by atoms with van der Waals surface area (Å²) in [5.41, 5.74) is 5.40. The number of nitrogens with zero attached hydrogens (tertiary/aromatic N) is 2. The molecule has 4 N–H and O–H groups in total. The monoisotopic (exact) mass is 112 g/mol. The van der Waals surface area contributed by atoms with Crippen LogP contribution in [0.3, 0.4) is 0 Å². The van der Waals surface area contributed by atoms with Gasteiger partial charge in [0.05, 0.1) is 0 Å². The van der Waals surface area contributed by atoms with Gasteiger partial charge in [-0.05, 0) is 6.08 Å². The molecule has 4 heteroatoms. The van der Waals surface area contributed by atoms with E-state index in [1.54, 1.807) is 12.3 Å². The van der Waals surface area contributed by atoms with Crippen LogP contribution in [0.15, 0.2) is 17.3 Å². The van der Waals surface area contributed by atoms with E-state index in [0.29, 0.717) is 0 Å². The lowest BCUT2D eigenvalue weighted by Crippen LogP contribution is -2.45. The van der Waals surface area contributed by atoms with Crippen LogP contribution >= 0.6 is 0 Å². The molecule has 0 bridgehead atoms. The Morgan fingerprint density at radius 3 is 2.75 bits per heavy atom. The van der Waals surface area contributed by atoms with Gasteiger partial charge in [-0.1, -0.05) is 0 Å². The SMILES string of the molecule is NC1C=CN=CN1N. The van der Waals surface area contributed by atoms with Crippen LogP contribution in [0.25, 0.3) is 0 Å². The lowest BCUT2D eigenvalue weighted by molar-refractivity contribution is 0.387. The average Bonchev–Trinajstić information content (AvgIpc) is 1.77. The summed E-state index contributed by atoms with van der Waals surface area (Å²) in [7, 11) is 0. The summed E-state index contributed by atoms with van der Waals surface area (Å²) in [6.07, 6.45) is 4.59. The highest BCUT2D eigenvalue weighted by Crippen LogP contribution is 1.90. The predicted octanol–water partition coefficient (Wildman–Crippen LogP) is -0.998. The zero-order valence-corrected chi connectivity index (χ0v) is 4.36. The molecule has 0 aromatic rings. The summed E-state index contributed by atoms with van der Waals surface area (Å²) >= 11 is 0. The molecule has 0 aromatic carbocycles. The van der Waals surface area contributed by atoms with E-state index in [2.05, 4.69) is 4.99 Å². The highest BCUT2D eigenvalue weighted by molar-refractivity contribution is 5.57. The Balaban J connectivity index is 2.59. The van der Waals surface area contributed by atoms with Crippen molar-refractivity contribution in [1.29, 1.82) is 0 Å². The fraction of sp³-hybridized carbons (Fsp3) is 0.250. The van der Waals surface area contributed by atoms with Crippen molar-refractivity contribution in [1.82, 2.24) is 5.01 Å². The number of hydrogen-bond donors (Lipinski definition) is 2. The van der Waals surface area contributed by atoms with E-state index >= 15 is 0 Å². The van der Waals surface area contributed by atoms with Gasteiger partial charge < -0.3 is 5.73 Å². The largest absolute Gasteiger partial charge is 0.307 e.